The summed E-state index contributed by atoms with van der Waals surface area (Å²) >= 11 is 1.44. The van der Waals surface area contributed by atoms with Crippen LogP contribution in [0.5, 0.6) is 0 Å². The number of benzene rings is 1. The molecule has 1 aromatic heterocycles. The fraction of sp³-hybridized carbons (Fsp3) is 0.154. The minimum Gasteiger partial charge on any atom is -0.373 e. The van der Waals surface area contributed by atoms with E-state index in [0.717, 1.165) is 11.4 Å². The first-order valence-corrected chi connectivity index (χ1v) is 6.69. The molecule has 1 heterocycles. The van der Waals surface area contributed by atoms with Crippen LogP contribution in [0.15, 0.2) is 47.5 Å². The van der Waals surface area contributed by atoms with Gasteiger partial charge in [0.2, 0.25) is 0 Å². The van der Waals surface area contributed by atoms with Crippen molar-refractivity contribution in [3.05, 3.63) is 58.3 Å². The lowest BCUT2D eigenvalue weighted by molar-refractivity contribution is -0.387. The predicted octanol–water partition coefficient (Wildman–Crippen LogP) is 3.32. The highest BCUT2D eigenvalue weighted by Crippen LogP contribution is 2.32. The molecule has 0 aliphatic heterocycles. The van der Waals surface area contributed by atoms with E-state index in [9.17, 15) is 10.1 Å². The first kappa shape index (κ1) is 13.4. The second kappa shape index (κ2) is 6.19. The van der Waals surface area contributed by atoms with E-state index in [4.69, 9.17) is 0 Å². The molecule has 0 saturated heterocycles. The van der Waals surface area contributed by atoms with Gasteiger partial charge in [0.1, 0.15) is 5.82 Å². The van der Waals surface area contributed by atoms with E-state index >= 15 is 0 Å². The van der Waals surface area contributed by atoms with Crippen molar-refractivity contribution in [2.24, 2.45) is 0 Å². The average molecular weight is 275 g/mol. The second-order valence-electron chi connectivity index (χ2n) is 3.77. The minimum atomic E-state index is -0.357. The number of nitro groups is 1. The summed E-state index contributed by atoms with van der Waals surface area (Å²) in [6.45, 7) is 0. The van der Waals surface area contributed by atoms with Crippen LogP contribution in [-0.2, 0) is 5.75 Å². The molecule has 19 heavy (non-hydrogen) atoms. The van der Waals surface area contributed by atoms with Crippen LogP contribution in [0.4, 0.5) is 11.5 Å². The van der Waals surface area contributed by atoms with Crippen LogP contribution < -0.4 is 5.32 Å². The lowest BCUT2D eigenvalue weighted by Crippen LogP contribution is -1.97. The summed E-state index contributed by atoms with van der Waals surface area (Å²) in [4.78, 5) is 15.4. The monoisotopic (exact) mass is 275 g/mol. The number of pyridine rings is 1. The predicted molar refractivity (Wildman–Crippen MR) is 76.4 cm³/mol. The first-order valence-electron chi connectivity index (χ1n) is 5.70. The van der Waals surface area contributed by atoms with Gasteiger partial charge in [-0.15, -0.1) is 11.8 Å². The molecule has 1 aromatic carbocycles. The van der Waals surface area contributed by atoms with Gasteiger partial charge in [0, 0.05) is 30.6 Å². The topological polar surface area (TPSA) is 68.1 Å². The molecule has 5 nitrogen and oxygen atoms in total. The molecule has 0 saturated carbocycles. The Labute approximate surface area is 115 Å². The van der Waals surface area contributed by atoms with Gasteiger partial charge < -0.3 is 5.32 Å². The molecule has 0 fully saturated rings. The molecule has 2 aromatic rings. The van der Waals surface area contributed by atoms with Gasteiger partial charge in [-0.2, -0.15) is 0 Å². The number of hydrogen-bond acceptors (Lipinski definition) is 5. The highest BCUT2D eigenvalue weighted by Gasteiger charge is 2.13. The van der Waals surface area contributed by atoms with E-state index in [2.05, 4.69) is 10.3 Å². The van der Waals surface area contributed by atoms with E-state index in [-0.39, 0.29) is 10.6 Å². The van der Waals surface area contributed by atoms with Crippen LogP contribution in [0.1, 0.15) is 5.56 Å². The summed E-state index contributed by atoms with van der Waals surface area (Å²) in [7, 11) is 1.81. The van der Waals surface area contributed by atoms with E-state index in [1.165, 1.54) is 17.8 Å². The van der Waals surface area contributed by atoms with Gasteiger partial charge in [-0.3, -0.25) is 10.1 Å². The maximum absolute atomic E-state index is 10.9. The minimum absolute atomic E-state index is 0.141. The summed E-state index contributed by atoms with van der Waals surface area (Å²) < 4.78 is 0. The zero-order valence-corrected chi connectivity index (χ0v) is 11.2. The lowest BCUT2D eigenvalue weighted by Gasteiger charge is -2.07. The zero-order chi connectivity index (χ0) is 13.7. The van der Waals surface area contributed by atoms with Crippen molar-refractivity contribution in [3.8, 4) is 0 Å². The Morgan fingerprint density at radius 3 is 2.84 bits per heavy atom. The average Bonchev–Trinajstić information content (AvgIpc) is 2.45. The number of aromatic nitrogens is 1. The quantitative estimate of drug-likeness (QED) is 0.515. The molecule has 0 aliphatic rings. The molecule has 0 radical (unpaired) electrons. The van der Waals surface area contributed by atoms with E-state index < -0.39 is 0 Å². The molecule has 1 N–H and O–H groups in total. The molecule has 0 atom stereocenters. The number of rotatable bonds is 5. The van der Waals surface area contributed by atoms with Crippen LogP contribution in [0.2, 0.25) is 0 Å². The summed E-state index contributed by atoms with van der Waals surface area (Å²) in [5.74, 6) is 1.43. The standard InChI is InChI=1S/C13H13N3O2S/c1-14-13-10(5-4-8-15-13)9-19-12-7-3-2-6-11(12)16(17)18/h2-8H,9H2,1H3,(H,14,15). The number of nitrogens with zero attached hydrogens (tertiary/aromatic N) is 2. The SMILES string of the molecule is CNc1ncccc1CSc1ccccc1[N+](=O)[O-]. The Kier molecular flexibility index (Phi) is 4.35. The van der Waals surface area contributed by atoms with E-state index in [1.807, 2.05) is 19.2 Å². The van der Waals surface area contributed by atoms with Crippen LogP contribution in [0, 0.1) is 10.1 Å². The zero-order valence-electron chi connectivity index (χ0n) is 10.4. The molecule has 0 spiro atoms. The fourth-order valence-electron chi connectivity index (χ4n) is 1.67. The third kappa shape index (κ3) is 3.23. The Hall–Kier alpha value is -2.08. The van der Waals surface area contributed by atoms with Crippen molar-refractivity contribution >= 4 is 23.3 Å². The van der Waals surface area contributed by atoms with Gasteiger partial charge in [-0.05, 0) is 12.1 Å². The van der Waals surface area contributed by atoms with Gasteiger partial charge in [-0.1, -0.05) is 18.2 Å². The fourth-order valence-corrected chi connectivity index (χ4v) is 2.67. The summed E-state index contributed by atoms with van der Waals surface area (Å²) in [6.07, 6.45) is 1.71. The molecule has 0 amide bonds. The maximum Gasteiger partial charge on any atom is 0.282 e. The van der Waals surface area contributed by atoms with Crippen LogP contribution in [-0.4, -0.2) is 17.0 Å². The molecule has 98 valence electrons. The molecule has 0 aliphatic carbocycles. The molecular weight excluding hydrogens is 262 g/mol. The van der Waals surface area contributed by atoms with Crippen molar-refractivity contribution in [1.82, 2.24) is 4.98 Å². The van der Waals surface area contributed by atoms with Gasteiger partial charge in [0.25, 0.3) is 5.69 Å². The number of hydrogen-bond donors (Lipinski definition) is 1. The largest absolute Gasteiger partial charge is 0.373 e. The third-order valence-corrected chi connectivity index (χ3v) is 3.68. The summed E-state index contributed by atoms with van der Waals surface area (Å²) in [5, 5.41) is 13.9. The van der Waals surface area contributed by atoms with Crippen molar-refractivity contribution in [2.75, 3.05) is 12.4 Å². The van der Waals surface area contributed by atoms with Gasteiger partial charge >= 0.3 is 0 Å². The van der Waals surface area contributed by atoms with Crippen molar-refractivity contribution in [2.45, 2.75) is 10.6 Å². The van der Waals surface area contributed by atoms with E-state index in [0.29, 0.717) is 10.6 Å². The Morgan fingerprint density at radius 1 is 1.32 bits per heavy atom. The molecule has 2 rings (SSSR count). The molecular formula is C13H13N3O2S. The van der Waals surface area contributed by atoms with Crippen LogP contribution in [0.25, 0.3) is 0 Å². The van der Waals surface area contributed by atoms with Crippen molar-refractivity contribution in [1.29, 1.82) is 0 Å². The second-order valence-corrected chi connectivity index (χ2v) is 4.79. The Bertz CT molecular complexity index is 590. The van der Waals surface area contributed by atoms with Crippen molar-refractivity contribution < 1.29 is 4.92 Å². The number of thioether (sulfide) groups is 1. The first-order chi connectivity index (χ1) is 9.22. The number of nitro benzene ring substituents is 1. The van der Waals surface area contributed by atoms with Gasteiger partial charge in [0.05, 0.1) is 9.82 Å². The number of nitrogens with one attached hydrogen (secondary N) is 1. The summed E-state index contributed by atoms with van der Waals surface area (Å²) in [6, 6.07) is 10.6. The maximum atomic E-state index is 10.9. The summed E-state index contributed by atoms with van der Waals surface area (Å²) in [5.41, 5.74) is 1.16. The Balaban J connectivity index is 2.17. The third-order valence-electron chi connectivity index (χ3n) is 2.57. The smallest absolute Gasteiger partial charge is 0.282 e. The normalized spacial score (nSPS) is 10.2. The van der Waals surface area contributed by atoms with Gasteiger partial charge in [-0.25, -0.2) is 4.98 Å². The van der Waals surface area contributed by atoms with Crippen molar-refractivity contribution in [3.63, 3.8) is 0 Å². The number of para-hydroxylation sites is 1. The lowest BCUT2D eigenvalue weighted by atomic mass is 10.3. The molecule has 0 bridgehead atoms. The van der Waals surface area contributed by atoms with Crippen LogP contribution >= 0.6 is 11.8 Å². The highest BCUT2D eigenvalue weighted by atomic mass is 32.2. The van der Waals surface area contributed by atoms with E-state index in [1.54, 1.807) is 24.4 Å². The van der Waals surface area contributed by atoms with Gasteiger partial charge in [0.15, 0.2) is 0 Å². The highest BCUT2D eigenvalue weighted by molar-refractivity contribution is 7.98. The van der Waals surface area contributed by atoms with Crippen LogP contribution in [0.3, 0.4) is 0 Å². The number of anilines is 1. The Morgan fingerprint density at radius 2 is 2.11 bits per heavy atom. The molecule has 0 unspecified atom stereocenters. The molecule has 6 heteroatoms.